The summed E-state index contributed by atoms with van der Waals surface area (Å²) in [5, 5.41) is 22.0. The minimum Gasteiger partial charge on any atom is -0.388 e. The fraction of sp³-hybridized carbons (Fsp3) is 0.375. The second-order valence-electron chi connectivity index (χ2n) is 6.14. The third-order valence-electron chi connectivity index (χ3n) is 4.66. The number of benzene rings is 1. The molecule has 1 amide bonds. The largest absolute Gasteiger partial charge is 0.388 e. The Hall–Kier alpha value is -1.93. The van der Waals surface area contributed by atoms with Crippen LogP contribution in [-0.4, -0.2) is 50.5 Å². The fourth-order valence-corrected chi connectivity index (χ4v) is 3.61. The van der Waals surface area contributed by atoms with Gasteiger partial charge in [-0.05, 0) is 31.0 Å². The molecule has 24 heavy (non-hydrogen) atoms. The van der Waals surface area contributed by atoms with E-state index in [1.54, 1.807) is 18.2 Å². The molecule has 3 aliphatic rings. The van der Waals surface area contributed by atoms with Crippen LogP contribution in [0.1, 0.15) is 23.2 Å². The van der Waals surface area contributed by atoms with E-state index in [-0.39, 0.29) is 5.56 Å². The zero-order valence-electron chi connectivity index (χ0n) is 12.5. The molecule has 1 saturated carbocycles. The monoisotopic (exact) mass is 350 g/mol. The highest BCUT2D eigenvalue weighted by atomic mass is 35.5. The van der Waals surface area contributed by atoms with Crippen LogP contribution in [0, 0.1) is 0 Å². The molecule has 0 radical (unpaired) electrons. The van der Waals surface area contributed by atoms with Crippen LogP contribution >= 0.6 is 11.6 Å². The first kappa shape index (κ1) is 15.6. The van der Waals surface area contributed by atoms with Crippen LogP contribution in [-0.2, 0) is 4.84 Å². The number of hydroxylamine groups is 2. The van der Waals surface area contributed by atoms with Crippen LogP contribution < -0.4 is 5.56 Å². The van der Waals surface area contributed by atoms with Crippen molar-refractivity contribution in [1.82, 2.24) is 10.0 Å². The molecule has 7 nitrogen and oxygen atoms in total. The van der Waals surface area contributed by atoms with Gasteiger partial charge in [0.2, 0.25) is 5.56 Å². The summed E-state index contributed by atoms with van der Waals surface area (Å²) in [6, 6.07) is 5.37. The maximum absolute atomic E-state index is 12.9. The number of aliphatic hydroxyl groups is 2. The van der Waals surface area contributed by atoms with Gasteiger partial charge in [0.25, 0.3) is 5.91 Å². The van der Waals surface area contributed by atoms with Crippen molar-refractivity contribution in [1.29, 1.82) is 0 Å². The lowest BCUT2D eigenvalue weighted by molar-refractivity contribution is -0.306. The minimum absolute atomic E-state index is 0.144. The SMILES string of the molecule is O=C(c1cc(=O)[nH]c2ccc(Cl)cc12)N1O[C@@H]2CC[C@H]1[C@@H](O)[C@H]2O. The second-order valence-corrected chi connectivity index (χ2v) is 6.57. The van der Waals surface area contributed by atoms with Crippen molar-refractivity contribution in [2.45, 2.75) is 37.2 Å². The van der Waals surface area contributed by atoms with Crippen molar-refractivity contribution >= 4 is 28.4 Å². The molecule has 2 saturated heterocycles. The molecule has 2 aliphatic heterocycles. The van der Waals surface area contributed by atoms with Crippen molar-refractivity contribution in [2.24, 2.45) is 0 Å². The molecular weight excluding hydrogens is 336 g/mol. The van der Waals surface area contributed by atoms with E-state index in [0.29, 0.717) is 28.8 Å². The fourth-order valence-electron chi connectivity index (χ4n) is 3.44. The summed E-state index contributed by atoms with van der Waals surface area (Å²) < 4.78 is 0. The number of amides is 1. The lowest BCUT2D eigenvalue weighted by Gasteiger charge is -2.49. The Morgan fingerprint density at radius 1 is 1.25 bits per heavy atom. The summed E-state index contributed by atoms with van der Waals surface area (Å²) >= 11 is 6.00. The molecule has 4 atom stereocenters. The number of nitrogens with zero attached hydrogens (tertiary/aromatic N) is 1. The van der Waals surface area contributed by atoms with Gasteiger partial charge < -0.3 is 15.2 Å². The van der Waals surface area contributed by atoms with E-state index in [2.05, 4.69) is 4.98 Å². The Labute approximate surface area is 141 Å². The third-order valence-corrected chi connectivity index (χ3v) is 4.89. The molecule has 3 N–H and O–H groups in total. The van der Waals surface area contributed by atoms with Gasteiger partial charge in [0.05, 0.1) is 11.6 Å². The number of halogens is 1. The molecule has 1 aromatic heterocycles. The molecule has 3 heterocycles. The number of fused-ring (bicyclic) bond motifs is 4. The first-order valence-electron chi connectivity index (χ1n) is 7.65. The molecule has 0 spiro atoms. The zero-order chi connectivity index (χ0) is 17.0. The highest BCUT2D eigenvalue weighted by Gasteiger charge is 2.50. The first-order chi connectivity index (χ1) is 11.5. The molecular formula is C16H15ClN2O5. The van der Waals surface area contributed by atoms with Crippen molar-refractivity contribution in [3.63, 3.8) is 0 Å². The van der Waals surface area contributed by atoms with E-state index in [1.165, 1.54) is 6.07 Å². The number of carbonyl (C=O) groups is 1. The highest BCUT2D eigenvalue weighted by molar-refractivity contribution is 6.31. The molecule has 1 aliphatic carbocycles. The Bertz CT molecular complexity index is 880. The highest BCUT2D eigenvalue weighted by Crippen LogP contribution is 2.35. The van der Waals surface area contributed by atoms with E-state index < -0.39 is 35.8 Å². The Balaban J connectivity index is 1.79. The number of rotatable bonds is 1. The third kappa shape index (κ3) is 2.32. The number of carbonyl (C=O) groups excluding carboxylic acids is 1. The number of aromatic nitrogens is 1. The number of aliphatic hydroxyl groups excluding tert-OH is 2. The van der Waals surface area contributed by atoms with Crippen LogP contribution in [0.5, 0.6) is 0 Å². The summed E-state index contributed by atoms with van der Waals surface area (Å²) in [5.74, 6) is -0.533. The summed E-state index contributed by atoms with van der Waals surface area (Å²) in [6.45, 7) is 0. The van der Waals surface area contributed by atoms with E-state index >= 15 is 0 Å². The van der Waals surface area contributed by atoms with Crippen LogP contribution in [0.2, 0.25) is 5.02 Å². The number of nitrogens with one attached hydrogen (secondary N) is 1. The maximum atomic E-state index is 12.9. The summed E-state index contributed by atoms with van der Waals surface area (Å²) in [5.41, 5.74) is 0.208. The van der Waals surface area contributed by atoms with Gasteiger partial charge in [-0.3, -0.25) is 14.4 Å². The molecule has 126 valence electrons. The minimum atomic E-state index is -1.07. The van der Waals surface area contributed by atoms with E-state index in [1.807, 2.05) is 0 Å². The molecule has 1 aromatic carbocycles. The van der Waals surface area contributed by atoms with Gasteiger partial charge in [-0.25, -0.2) is 5.06 Å². The van der Waals surface area contributed by atoms with E-state index in [0.717, 1.165) is 5.06 Å². The summed E-state index contributed by atoms with van der Waals surface area (Å²) in [4.78, 5) is 33.0. The van der Waals surface area contributed by atoms with E-state index in [9.17, 15) is 19.8 Å². The normalized spacial score (nSPS) is 29.2. The molecule has 2 aromatic rings. The topological polar surface area (TPSA) is 103 Å². The maximum Gasteiger partial charge on any atom is 0.278 e. The standard InChI is InChI=1S/C16H15ClN2O5/c17-7-1-2-10-8(5-7)9(6-13(20)18-10)16(23)19-11-3-4-12(24-19)15(22)14(11)21/h1-2,5-6,11-12,14-15,21-22H,3-4H2,(H,18,20)/t11-,12+,14+,15-/m0/s1. The van der Waals surface area contributed by atoms with Crippen molar-refractivity contribution in [3.8, 4) is 0 Å². The number of H-pyrrole nitrogens is 1. The predicted octanol–water partition coefficient (Wildman–Crippen LogP) is 0.822. The molecule has 5 rings (SSSR count). The van der Waals surface area contributed by atoms with Gasteiger partial charge in [-0.1, -0.05) is 11.6 Å². The summed E-state index contributed by atoms with van der Waals surface area (Å²) in [6.07, 6.45) is -1.63. The first-order valence-corrected chi connectivity index (χ1v) is 8.02. The van der Waals surface area contributed by atoms with Crippen LogP contribution in [0.3, 0.4) is 0 Å². The number of hydrogen-bond acceptors (Lipinski definition) is 5. The Morgan fingerprint density at radius 3 is 2.79 bits per heavy atom. The zero-order valence-corrected chi connectivity index (χ0v) is 13.2. The van der Waals surface area contributed by atoms with Gasteiger partial charge in [0.1, 0.15) is 18.3 Å². The number of pyridine rings is 1. The van der Waals surface area contributed by atoms with Gasteiger partial charge >= 0.3 is 0 Å². The van der Waals surface area contributed by atoms with Gasteiger partial charge in [0.15, 0.2) is 0 Å². The average Bonchev–Trinajstić information content (AvgIpc) is 2.58. The van der Waals surface area contributed by atoms with Crippen molar-refractivity contribution < 1.29 is 19.8 Å². The molecule has 2 bridgehead atoms. The summed E-state index contributed by atoms with van der Waals surface area (Å²) in [7, 11) is 0. The predicted molar refractivity (Wildman–Crippen MR) is 85.7 cm³/mol. The smallest absolute Gasteiger partial charge is 0.278 e. The second kappa shape index (κ2) is 5.56. The lowest BCUT2D eigenvalue weighted by atomic mass is 9.85. The van der Waals surface area contributed by atoms with Crippen LogP contribution in [0.15, 0.2) is 29.1 Å². The molecule has 0 unspecified atom stereocenters. The van der Waals surface area contributed by atoms with Gasteiger partial charge in [-0.15, -0.1) is 0 Å². The lowest BCUT2D eigenvalue weighted by Crippen LogP contribution is -2.65. The van der Waals surface area contributed by atoms with Crippen LogP contribution in [0.4, 0.5) is 0 Å². The Morgan fingerprint density at radius 2 is 2.04 bits per heavy atom. The molecule has 8 heteroatoms. The van der Waals surface area contributed by atoms with Crippen molar-refractivity contribution in [2.75, 3.05) is 0 Å². The number of hydrogen-bond donors (Lipinski definition) is 3. The van der Waals surface area contributed by atoms with Crippen LogP contribution in [0.25, 0.3) is 10.9 Å². The van der Waals surface area contributed by atoms with E-state index in [4.69, 9.17) is 16.4 Å². The van der Waals surface area contributed by atoms with Gasteiger partial charge in [-0.2, -0.15) is 0 Å². The quantitative estimate of drug-likeness (QED) is 0.706. The molecule has 3 fully saturated rings. The number of aromatic amines is 1. The van der Waals surface area contributed by atoms with Crippen molar-refractivity contribution in [3.05, 3.63) is 45.2 Å². The average molecular weight is 351 g/mol. The van der Waals surface area contributed by atoms with Gasteiger partial charge in [0, 0.05) is 22.0 Å². The Kier molecular flexibility index (Phi) is 3.61.